The van der Waals surface area contributed by atoms with Crippen LogP contribution in [0.5, 0.6) is 0 Å². The minimum atomic E-state index is 0.0764. The predicted molar refractivity (Wildman–Crippen MR) is 60.2 cm³/mol. The molecule has 0 spiro atoms. The van der Waals surface area contributed by atoms with Crippen molar-refractivity contribution in [1.29, 1.82) is 0 Å². The molecule has 1 rings (SSSR count). The molecule has 0 atom stereocenters. The molecular formula is C11H22N2O. The zero-order valence-corrected chi connectivity index (χ0v) is 9.55. The lowest BCUT2D eigenvalue weighted by atomic mass is 10.4. The van der Waals surface area contributed by atoms with Crippen LogP contribution in [0.15, 0.2) is 12.7 Å². The van der Waals surface area contributed by atoms with Crippen LogP contribution in [0.1, 0.15) is 26.7 Å². The Balaban J connectivity index is 0.000000292. The van der Waals surface area contributed by atoms with Crippen molar-refractivity contribution in [3.05, 3.63) is 12.7 Å². The van der Waals surface area contributed by atoms with Crippen molar-refractivity contribution in [3.8, 4) is 0 Å². The summed E-state index contributed by atoms with van der Waals surface area (Å²) in [5, 5.41) is 3.03. The van der Waals surface area contributed by atoms with Gasteiger partial charge in [-0.3, -0.25) is 4.79 Å². The first-order valence-corrected chi connectivity index (χ1v) is 5.20. The lowest BCUT2D eigenvalue weighted by Gasteiger charge is -2.10. The van der Waals surface area contributed by atoms with E-state index in [-0.39, 0.29) is 5.91 Å². The fourth-order valence-corrected chi connectivity index (χ4v) is 1.07. The van der Waals surface area contributed by atoms with Crippen LogP contribution in [-0.4, -0.2) is 37.0 Å². The highest BCUT2D eigenvalue weighted by molar-refractivity contribution is 5.87. The van der Waals surface area contributed by atoms with Gasteiger partial charge in [-0.1, -0.05) is 20.4 Å². The summed E-state index contributed by atoms with van der Waals surface area (Å²) < 4.78 is 0. The van der Waals surface area contributed by atoms with Crippen LogP contribution in [0.2, 0.25) is 0 Å². The number of carbonyl (C=O) groups is 1. The first kappa shape index (κ1) is 13.2. The monoisotopic (exact) mass is 198 g/mol. The summed E-state index contributed by atoms with van der Waals surface area (Å²) in [6, 6.07) is 0.634. The van der Waals surface area contributed by atoms with Crippen LogP contribution in [0, 0.1) is 0 Å². The van der Waals surface area contributed by atoms with Gasteiger partial charge < -0.3 is 10.2 Å². The van der Waals surface area contributed by atoms with Crippen molar-refractivity contribution in [1.82, 2.24) is 10.2 Å². The highest BCUT2D eigenvalue weighted by Gasteiger charge is 2.13. The van der Waals surface area contributed by atoms with Crippen molar-refractivity contribution in [2.75, 3.05) is 20.1 Å². The van der Waals surface area contributed by atoms with E-state index in [0.717, 1.165) is 25.9 Å². The van der Waals surface area contributed by atoms with E-state index in [1.54, 1.807) is 0 Å². The molecule has 0 bridgehead atoms. The number of amides is 1. The third-order valence-corrected chi connectivity index (χ3v) is 2.17. The zero-order chi connectivity index (χ0) is 11.0. The highest BCUT2D eigenvalue weighted by Crippen LogP contribution is 2.06. The second-order valence-corrected chi connectivity index (χ2v) is 3.68. The van der Waals surface area contributed by atoms with Gasteiger partial charge in [0, 0.05) is 19.1 Å². The van der Waals surface area contributed by atoms with Gasteiger partial charge in [0.15, 0.2) is 0 Å². The van der Waals surface area contributed by atoms with Gasteiger partial charge in [0.2, 0.25) is 5.91 Å². The van der Waals surface area contributed by atoms with E-state index >= 15 is 0 Å². The first-order valence-electron chi connectivity index (χ1n) is 5.20. The molecule has 0 saturated carbocycles. The molecule has 1 aliphatic heterocycles. The Morgan fingerprint density at radius 2 is 1.86 bits per heavy atom. The number of nitrogens with zero attached hydrogens (tertiary/aromatic N) is 1. The van der Waals surface area contributed by atoms with Crippen molar-refractivity contribution in [2.24, 2.45) is 0 Å². The van der Waals surface area contributed by atoms with Gasteiger partial charge in [-0.2, -0.15) is 0 Å². The van der Waals surface area contributed by atoms with Crippen LogP contribution < -0.4 is 5.32 Å². The van der Waals surface area contributed by atoms with Gasteiger partial charge in [0.1, 0.15) is 0 Å². The molecule has 3 heteroatoms. The molecule has 3 nitrogen and oxygen atoms in total. The normalized spacial score (nSPS) is 15.0. The maximum absolute atomic E-state index is 10.8. The molecule has 1 amide bonds. The van der Waals surface area contributed by atoms with Crippen LogP contribution in [-0.2, 0) is 4.79 Å². The number of rotatable bonds is 2. The molecule has 14 heavy (non-hydrogen) atoms. The third-order valence-electron chi connectivity index (χ3n) is 2.17. The maximum Gasteiger partial charge on any atom is 0.245 e. The lowest BCUT2D eigenvalue weighted by Crippen LogP contribution is -2.25. The fraction of sp³-hybridized carbons (Fsp3) is 0.727. The summed E-state index contributed by atoms with van der Waals surface area (Å²) in [6.45, 7) is 9.48. The summed E-state index contributed by atoms with van der Waals surface area (Å²) >= 11 is 0. The molecule has 1 saturated heterocycles. The van der Waals surface area contributed by atoms with Crippen LogP contribution in [0.4, 0.5) is 0 Å². The molecule has 0 aliphatic carbocycles. The molecule has 0 aromatic heterocycles. The Hall–Kier alpha value is -0.830. The number of hydrogen-bond donors (Lipinski definition) is 1. The number of hydrogen-bond acceptors (Lipinski definition) is 2. The van der Waals surface area contributed by atoms with Crippen LogP contribution >= 0.6 is 0 Å². The largest absolute Gasteiger partial charge is 0.339 e. The molecule has 1 N–H and O–H groups in total. The van der Waals surface area contributed by atoms with E-state index in [9.17, 15) is 4.79 Å². The molecule has 1 fully saturated rings. The molecule has 0 unspecified atom stereocenters. The van der Waals surface area contributed by atoms with Gasteiger partial charge in [-0.15, -0.1) is 0 Å². The average molecular weight is 198 g/mol. The van der Waals surface area contributed by atoms with Gasteiger partial charge in [-0.25, -0.2) is 0 Å². The summed E-state index contributed by atoms with van der Waals surface area (Å²) in [7, 11) is 1.95. The van der Waals surface area contributed by atoms with Gasteiger partial charge in [-0.05, 0) is 26.0 Å². The van der Waals surface area contributed by atoms with Crippen molar-refractivity contribution < 1.29 is 4.79 Å². The second kappa shape index (κ2) is 7.56. The van der Waals surface area contributed by atoms with Crippen LogP contribution in [0.25, 0.3) is 0 Å². The molecular weight excluding hydrogens is 176 g/mol. The Morgan fingerprint density at radius 1 is 1.43 bits per heavy atom. The Bertz CT molecular complexity index is 172. The molecule has 0 radical (unpaired) electrons. The fourth-order valence-electron chi connectivity index (χ4n) is 1.07. The minimum Gasteiger partial charge on any atom is -0.339 e. The molecule has 0 aromatic carbocycles. The maximum atomic E-state index is 10.8. The summed E-state index contributed by atoms with van der Waals surface area (Å²) in [5.41, 5.74) is 0. The molecule has 1 aliphatic rings. The molecule has 82 valence electrons. The Kier molecular flexibility index (Phi) is 7.11. The quantitative estimate of drug-likeness (QED) is 0.680. The van der Waals surface area contributed by atoms with Crippen molar-refractivity contribution in [2.45, 2.75) is 32.7 Å². The highest BCUT2D eigenvalue weighted by atomic mass is 16.2. The van der Waals surface area contributed by atoms with E-state index in [1.165, 1.54) is 6.08 Å². The van der Waals surface area contributed by atoms with Gasteiger partial charge >= 0.3 is 0 Å². The SMILES string of the molecule is C=CC(=O)N1CCCC1.CNC(C)C. The van der Waals surface area contributed by atoms with E-state index in [0.29, 0.717) is 6.04 Å². The van der Waals surface area contributed by atoms with Crippen molar-refractivity contribution in [3.63, 3.8) is 0 Å². The Labute approximate surface area is 87.2 Å². The lowest BCUT2D eigenvalue weighted by molar-refractivity contribution is -0.124. The second-order valence-electron chi connectivity index (χ2n) is 3.68. The third kappa shape index (κ3) is 5.75. The van der Waals surface area contributed by atoms with Gasteiger partial charge in [0.05, 0.1) is 0 Å². The van der Waals surface area contributed by atoms with E-state index in [1.807, 2.05) is 11.9 Å². The average Bonchev–Trinajstić information content (AvgIpc) is 2.70. The number of carbonyl (C=O) groups excluding carboxylic acids is 1. The Morgan fingerprint density at radius 3 is 2.14 bits per heavy atom. The number of nitrogens with one attached hydrogen (secondary N) is 1. The van der Waals surface area contributed by atoms with Crippen LogP contribution in [0.3, 0.4) is 0 Å². The standard InChI is InChI=1S/C7H11NO.C4H11N/c1-2-7(9)8-5-3-4-6-8;1-4(2)5-3/h2H,1,3-6H2;4-5H,1-3H3. The molecule has 0 aromatic rings. The topological polar surface area (TPSA) is 32.3 Å². The first-order chi connectivity index (χ1) is 6.61. The van der Waals surface area contributed by atoms with Gasteiger partial charge in [0.25, 0.3) is 0 Å². The van der Waals surface area contributed by atoms with Crippen molar-refractivity contribution >= 4 is 5.91 Å². The summed E-state index contributed by atoms with van der Waals surface area (Å²) in [6.07, 6.45) is 3.68. The predicted octanol–water partition coefficient (Wildman–Crippen LogP) is 1.41. The number of likely N-dealkylation sites (tertiary alicyclic amines) is 1. The summed E-state index contributed by atoms with van der Waals surface area (Å²) in [5.74, 6) is 0.0764. The summed E-state index contributed by atoms with van der Waals surface area (Å²) in [4.78, 5) is 12.6. The van der Waals surface area contributed by atoms with E-state index in [4.69, 9.17) is 0 Å². The van der Waals surface area contributed by atoms with E-state index in [2.05, 4.69) is 25.7 Å². The zero-order valence-electron chi connectivity index (χ0n) is 9.55. The smallest absolute Gasteiger partial charge is 0.245 e. The van der Waals surface area contributed by atoms with E-state index < -0.39 is 0 Å². The minimum absolute atomic E-state index is 0.0764. The molecule has 1 heterocycles.